The number of piperidine rings is 1. The van der Waals surface area contributed by atoms with Gasteiger partial charge in [0.1, 0.15) is 11.4 Å². The molecule has 1 aliphatic rings. The molecule has 1 saturated heterocycles. The first-order valence-electron chi connectivity index (χ1n) is 8.97. The molecule has 0 spiro atoms. The summed E-state index contributed by atoms with van der Waals surface area (Å²) in [5, 5.41) is 9.42. The first-order chi connectivity index (χ1) is 12.4. The number of ether oxygens (including phenoxy) is 1. The topological polar surface area (TPSA) is 73.4 Å². The molecule has 1 aliphatic heterocycles. The quantitative estimate of drug-likeness (QED) is 0.564. The zero-order valence-corrected chi connectivity index (χ0v) is 16.4. The van der Waals surface area contributed by atoms with E-state index in [1.165, 1.54) is 18.2 Å². The minimum absolute atomic E-state index is 0.202. The van der Waals surface area contributed by atoms with Gasteiger partial charge in [0.15, 0.2) is 5.16 Å². The molecule has 0 unspecified atom stereocenters. The monoisotopic (exact) mass is 378 g/mol. The van der Waals surface area contributed by atoms with Gasteiger partial charge in [-0.3, -0.25) is 9.36 Å². The van der Waals surface area contributed by atoms with Crippen LogP contribution in [0.25, 0.3) is 0 Å². The summed E-state index contributed by atoms with van der Waals surface area (Å²) in [6, 6.07) is 3.80. The molecular formula is C18H26N4O3S. The highest BCUT2D eigenvalue weighted by atomic mass is 32.2. The van der Waals surface area contributed by atoms with E-state index in [0.717, 1.165) is 37.6 Å². The minimum atomic E-state index is -0.488. The maximum Gasteiger partial charge on any atom is 0.316 e. The van der Waals surface area contributed by atoms with Crippen LogP contribution in [0.5, 0.6) is 0 Å². The smallest absolute Gasteiger partial charge is 0.316 e. The molecule has 0 atom stereocenters. The lowest BCUT2D eigenvalue weighted by atomic mass is 10.1. The zero-order chi connectivity index (χ0) is 18.6. The van der Waals surface area contributed by atoms with Gasteiger partial charge in [-0.15, -0.1) is 10.2 Å². The van der Waals surface area contributed by atoms with Crippen molar-refractivity contribution < 1.29 is 13.9 Å². The minimum Gasteiger partial charge on any atom is -0.467 e. The molecule has 1 fully saturated rings. The molecule has 2 aromatic heterocycles. The highest BCUT2D eigenvalue weighted by Crippen LogP contribution is 2.26. The largest absolute Gasteiger partial charge is 0.467 e. The summed E-state index contributed by atoms with van der Waals surface area (Å²) < 4.78 is 12.9. The van der Waals surface area contributed by atoms with E-state index in [4.69, 9.17) is 9.15 Å². The summed E-state index contributed by atoms with van der Waals surface area (Å²) >= 11 is 1.35. The van der Waals surface area contributed by atoms with Crippen LogP contribution in [0.1, 0.15) is 45.8 Å². The van der Waals surface area contributed by atoms with E-state index in [0.29, 0.717) is 11.7 Å². The molecule has 0 amide bonds. The average Bonchev–Trinajstić information content (AvgIpc) is 3.23. The summed E-state index contributed by atoms with van der Waals surface area (Å²) in [4.78, 5) is 14.3. The second-order valence-electron chi connectivity index (χ2n) is 7.37. The van der Waals surface area contributed by atoms with Gasteiger partial charge in [0.25, 0.3) is 0 Å². The van der Waals surface area contributed by atoms with Crippen LogP contribution in [-0.4, -0.2) is 45.2 Å². The van der Waals surface area contributed by atoms with Crippen LogP contribution < -0.4 is 4.90 Å². The van der Waals surface area contributed by atoms with Gasteiger partial charge in [0.05, 0.1) is 18.6 Å². The van der Waals surface area contributed by atoms with Crippen LogP contribution in [0.4, 0.5) is 5.95 Å². The van der Waals surface area contributed by atoms with Gasteiger partial charge in [-0.25, -0.2) is 0 Å². The predicted molar refractivity (Wildman–Crippen MR) is 100 cm³/mol. The number of thioether (sulfide) groups is 1. The molecule has 7 nitrogen and oxygen atoms in total. The normalized spacial score (nSPS) is 15.3. The number of hydrogen-bond donors (Lipinski definition) is 0. The summed E-state index contributed by atoms with van der Waals surface area (Å²) in [6.45, 7) is 8.10. The average molecular weight is 378 g/mol. The number of furan rings is 1. The summed E-state index contributed by atoms with van der Waals surface area (Å²) in [5.41, 5.74) is -0.488. The fourth-order valence-corrected chi connectivity index (χ4v) is 3.61. The van der Waals surface area contributed by atoms with E-state index in [1.54, 1.807) is 6.26 Å². The van der Waals surface area contributed by atoms with Gasteiger partial charge in [0, 0.05) is 13.1 Å². The van der Waals surface area contributed by atoms with E-state index in [1.807, 2.05) is 37.5 Å². The van der Waals surface area contributed by atoms with Crippen molar-refractivity contribution in [3.8, 4) is 0 Å². The van der Waals surface area contributed by atoms with Gasteiger partial charge < -0.3 is 14.1 Å². The predicted octanol–water partition coefficient (Wildman–Crippen LogP) is 3.34. The van der Waals surface area contributed by atoms with Crippen LogP contribution in [0.15, 0.2) is 28.0 Å². The van der Waals surface area contributed by atoms with Crippen LogP contribution in [-0.2, 0) is 16.1 Å². The number of carbonyl (C=O) groups is 1. The van der Waals surface area contributed by atoms with Crippen molar-refractivity contribution in [1.29, 1.82) is 0 Å². The van der Waals surface area contributed by atoms with E-state index >= 15 is 0 Å². The number of anilines is 1. The fourth-order valence-electron chi connectivity index (χ4n) is 2.91. The molecule has 8 heteroatoms. The lowest BCUT2D eigenvalue weighted by Crippen LogP contribution is -2.32. The maximum atomic E-state index is 12.0. The van der Waals surface area contributed by atoms with Gasteiger partial charge in [-0.1, -0.05) is 11.8 Å². The molecule has 0 saturated carbocycles. The molecular weight excluding hydrogens is 352 g/mol. The van der Waals surface area contributed by atoms with E-state index in [9.17, 15) is 4.79 Å². The van der Waals surface area contributed by atoms with Crippen molar-refractivity contribution in [3.05, 3.63) is 24.2 Å². The van der Waals surface area contributed by atoms with Crippen LogP contribution >= 0.6 is 11.8 Å². The Balaban J connectivity index is 1.75. The van der Waals surface area contributed by atoms with Gasteiger partial charge >= 0.3 is 5.97 Å². The molecule has 3 rings (SSSR count). The first kappa shape index (κ1) is 18.8. The molecule has 0 N–H and O–H groups in total. The van der Waals surface area contributed by atoms with Crippen LogP contribution in [0.2, 0.25) is 0 Å². The zero-order valence-electron chi connectivity index (χ0n) is 15.6. The van der Waals surface area contributed by atoms with Crippen molar-refractivity contribution in [1.82, 2.24) is 14.8 Å². The van der Waals surface area contributed by atoms with Crippen molar-refractivity contribution in [2.24, 2.45) is 0 Å². The molecule has 3 heterocycles. The Morgan fingerprint density at radius 1 is 1.27 bits per heavy atom. The number of carbonyl (C=O) groups excluding carboxylic acids is 1. The summed E-state index contributed by atoms with van der Waals surface area (Å²) in [7, 11) is 0. The number of esters is 1. The SMILES string of the molecule is CC(C)(C)OC(=O)CSc1nnc(N2CCCCC2)n1Cc1ccco1. The number of aromatic nitrogens is 3. The Hall–Kier alpha value is -1.96. The highest BCUT2D eigenvalue weighted by Gasteiger charge is 2.23. The van der Waals surface area contributed by atoms with Gasteiger partial charge in [0.2, 0.25) is 5.95 Å². The highest BCUT2D eigenvalue weighted by molar-refractivity contribution is 7.99. The third-order valence-electron chi connectivity index (χ3n) is 3.97. The Labute approximate surface area is 158 Å². The number of rotatable bonds is 6. The third-order valence-corrected chi connectivity index (χ3v) is 4.91. The van der Waals surface area contributed by atoms with E-state index < -0.39 is 5.60 Å². The van der Waals surface area contributed by atoms with E-state index in [-0.39, 0.29) is 11.7 Å². The molecule has 0 aromatic carbocycles. The van der Waals surface area contributed by atoms with Crippen molar-refractivity contribution in [3.63, 3.8) is 0 Å². The van der Waals surface area contributed by atoms with Crippen LogP contribution in [0.3, 0.4) is 0 Å². The second kappa shape index (κ2) is 8.16. The molecule has 0 aliphatic carbocycles. The molecule has 0 radical (unpaired) electrons. The maximum absolute atomic E-state index is 12.0. The second-order valence-corrected chi connectivity index (χ2v) is 8.31. The van der Waals surface area contributed by atoms with Crippen molar-refractivity contribution in [2.75, 3.05) is 23.7 Å². The van der Waals surface area contributed by atoms with E-state index in [2.05, 4.69) is 15.1 Å². The van der Waals surface area contributed by atoms with Crippen molar-refractivity contribution >= 4 is 23.7 Å². The lowest BCUT2D eigenvalue weighted by molar-refractivity contribution is -0.151. The number of nitrogens with zero attached hydrogens (tertiary/aromatic N) is 4. The molecule has 0 bridgehead atoms. The third kappa shape index (κ3) is 5.03. The van der Waals surface area contributed by atoms with Gasteiger partial charge in [-0.2, -0.15) is 0 Å². The van der Waals surface area contributed by atoms with Gasteiger partial charge in [-0.05, 0) is 52.2 Å². The fraction of sp³-hybridized carbons (Fsp3) is 0.611. The summed E-state index contributed by atoms with van der Waals surface area (Å²) in [6.07, 6.45) is 5.23. The summed E-state index contributed by atoms with van der Waals surface area (Å²) in [5.74, 6) is 1.62. The molecule has 142 valence electrons. The standard InChI is InChI=1S/C18H26N4O3S/c1-18(2,3)25-15(23)13-26-17-20-19-16(21-9-5-4-6-10-21)22(17)12-14-8-7-11-24-14/h7-8,11H,4-6,9-10,12-13H2,1-3H3. The number of hydrogen-bond acceptors (Lipinski definition) is 7. The molecule has 26 heavy (non-hydrogen) atoms. The van der Waals surface area contributed by atoms with Crippen LogP contribution in [0, 0.1) is 0 Å². The Kier molecular flexibility index (Phi) is 5.90. The first-order valence-corrected chi connectivity index (χ1v) is 9.96. The Bertz CT molecular complexity index is 715. The Morgan fingerprint density at radius 2 is 2.04 bits per heavy atom. The lowest BCUT2D eigenvalue weighted by Gasteiger charge is -2.27. The molecule has 2 aromatic rings. The Morgan fingerprint density at radius 3 is 2.69 bits per heavy atom. The van der Waals surface area contributed by atoms with Crippen molar-refractivity contribution in [2.45, 2.75) is 57.3 Å².